The molecule has 0 amide bonds. The minimum absolute atomic E-state index is 0.166. The Hall–Kier alpha value is -2.35. The van der Waals surface area contributed by atoms with Crippen LogP contribution >= 0.6 is 0 Å². The van der Waals surface area contributed by atoms with E-state index in [1.165, 1.54) is 12.1 Å². The molecule has 0 aliphatic carbocycles. The zero-order valence-electron chi connectivity index (χ0n) is 15.9. The molecular formula is C19H22FN3O3S. The molecule has 1 aromatic carbocycles. The Balaban J connectivity index is 1.80. The average molecular weight is 391 g/mol. The van der Waals surface area contributed by atoms with Gasteiger partial charge in [-0.2, -0.15) is 0 Å². The van der Waals surface area contributed by atoms with Gasteiger partial charge in [0.2, 0.25) is 11.7 Å². The summed E-state index contributed by atoms with van der Waals surface area (Å²) in [5.74, 6) is 0.735. The first-order valence-corrected chi connectivity index (χ1v) is 9.84. The van der Waals surface area contributed by atoms with Crippen molar-refractivity contribution in [2.45, 2.75) is 50.5 Å². The lowest BCUT2D eigenvalue weighted by molar-refractivity contribution is 0.384. The molecule has 0 N–H and O–H groups in total. The lowest BCUT2D eigenvalue weighted by atomic mass is 9.92. The Bertz CT molecular complexity index is 955. The fraction of sp³-hybridized carbons (Fsp3) is 0.421. The predicted octanol–water partition coefficient (Wildman–Crippen LogP) is 4.35. The van der Waals surface area contributed by atoms with Crippen molar-refractivity contribution in [3.8, 4) is 11.7 Å². The van der Waals surface area contributed by atoms with E-state index in [1.807, 2.05) is 20.8 Å². The summed E-state index contributed by atoms with van der Waals surface area (Å²) in [6.07, 6.45) is 0. The molecule has 0 fully saturated rings. The first kappa shape index (κ1) is 19.4. The number of halogens is 1. The molecule has 3 aromatic rings. The van der Waals surface area contributed by atoms with Gasteiger partial charge in [0.15, 0.2) is 0 Å². The summed E-state index contributed by atoms with van der Waals surface area (Å²) in [6.45, 7) is 9.61. The molecule has 1 unspecified atom stereocenters. The molecule has 0 spiro atoms. The summed E-state index contributed by atoms with van der Waals surface area (Å²) in [7, 11) is -1.36. The minimum Gasteiger partial charge on any atom is -0.416 e. The van der Waals surface area contributed by atoms with E-state index < -0.39 is 15.5 Å². The first-order chi connectivity index (χ1) is 12.6. The van der Waals surface area contributed by atoms with E-state index in [0.29, 0.717) is 5.76 Å². The molecular weight excluding hydrogens is 369 g/mol. The molecule has 0 saturated carbocycles. The van der Waals surface area contributed by atoms with Gasteiger partial charge in [-0.1, -0.05) is 38.1 Å². The van der Waals surface area contributed by atoms with Crippen molar-refractivity contribution in [3.05, 3.63) is 53.3 Å². The molecule has 0 radical (unpaired) electrons. The quantitative estimate of drug-likeness (QED) is 0.643. The van der Waals surface area contributed by atoms with E-state index in [2.05, 4.69) is 15.4 Å². The van der Waals surface area contributed by atoms with Crippen LogP contribution in [0, 0.1) is 5.82 Å². The molecule has 0 aliphatic heterocycles. The summed E-state index contributed by atoms with van der Waals surface area (Å²) in [5.41, 5.74) is 1.38. The zero-order chi connectivity index (χ0) is 19.8. The van der Waals surface area contributed by atoms with Gasteiger partial charge in [0.25, 0.3) is 5.89 Å². The summed E-state index contributed by atoms with van der Waals surface area (Å²) in [5, 5.41) is 12.1. The zero-order valence-corrected chi connectivity index (χ0v) is 16.8. The highest BCUT2D eigenvalue weighted by Crippen LogP contribution is 2.32. The van der Waals surface area contributed by atoms with Crippen molar-refractivity contribution in [2.24, 2.45) is 0 Å². The van der Waals surface area contributed by atoms with Crippen LogP contribution in [-0.2, 0) is 26.7 Å². The highest BCUT2D eigenvalue weighted by Gasteiger charge is 2.35. The van der Waals surface area contributed by atoms with Crippen LogP contribution in [0.1, 0.15) is 51.8 Å². The number of nitrogens with zero attached hydrogens (tertiary/aromatic N) is 3. The second-order valence-corrected chi connectivity index (χ2v) is 9.87. The number of hydrogen-bond acceptors (Lipinski definition) is 6. The summed E-state index contributed by atoms with van der Waals surface area (Å²) < 4.78 is 36.1. The van der Waals surface area contributed by atoms with Crippen molar-refractivity contribution in [3.63, 3.8) is 0 Å². The molecule has 0 aliphatic rings. The summed E-state index contributed by atoms with van der Waals surface area (Å²) in [6, 6.07) is 7.69. The molecule has 2 aromatic heterocycles. The monoisotopic (exact) mass is 391 g/mol. The van der Waals surface area contributed by atoms with E-state index in [4.69, 9.17) is 8.94 Å². The van der Waals surface area contributed by atoms with Crippen molar-refractivity contribution in [1.82, 2.24) is 15.4 Å². The van der Waals surface area contributed by atoms with Crippen LogP contribution in [0.15, 0.2) is 39.3 Å². The van der Waals surface area contributed by atoms with Crippen molar-refractivity contribution in [1.29, 1.82) is 0 Å². The Morgan fingerprint density at radius 1 is 1.07 bits per heavy atom. The second kappa shape index (κ2) is 6.99. The lowest BCUT2D eigenvalue weighted by Gasteiger charge is -2.19. The van der Waals surface area contributed by atoms with Crippen LogP contribution in [0.2, 0.25) is 0 Å². The van der Waals surface area contributed by atoms with Gasteiger partial charge in [0.1, 0.15) is 10.6 Å². The van der Waals surface area contributed by atoms with Gasteiger partial charge < -0.3 is 8.94 Å². The van der Waals surface area contributed by atoms with Gasteiger partial charge in [0, 0.05) is 28.0 Å². The Labute approximate surface area is 159 Å². The van der Waals surface area contributed by atoms with Crippen molar-refractivity contribution in [2.75, 3.05) is 0 Å². The van der Waals surface area contributed by atoms with Gasteiger partial charge in [-0.25, -0.2) is 4.39 Å². The van der Waals surface area contributed by atoms with Gasteiger partial charge in [-0.05, 0) is 31.5 Å². The van der Waals surface area contributed by atoms with Gasteiger partial charge >= 0.3 is 0 Å². The van der Waals surface area contributed by atoms with Crippen LogP contribution < -0.4 is 0 Å². The van der Waals surface area contributed by atoms with Crippen LogP contribution in [0.5, 0.6) is 0 Å². The van der Waals surface area contributed by atoms with E-state index in [0.717, 1.165) is 11.3 Å². The largest absolute Gasteiger partial charge is 0.416 e. The summed E-state index contributed by atoms with van der Waals surface area (Å²) >= 11 is 0. The van der Waals surface area contributed by atoms with Gasteiger partial charge in [0.05, 0.1) is 5.69 Å². The van der Waals surface area contributed by atoms with Crippen LogP contribution in [0.25, 0.3) is 11.7 Å². The molecule has 1 atom stereocenters. The molecule has 6 nitrogen and oxygen atoms in total. The van der Waals surface area contributed by atoms with Gasteiger partial charge in [-0.15, -0.1) is 10.2 Å². The number of aromatic nitrogens is 3. The smallest absolute Gasteiger partial charge is 0.286 e. The third-order valence-electron chi connectivity index (χ3n) is 4.21. The highest BCUT2D eigenvalue weighted by atomic mass is 32.2. The third kappa shape index (κ3) is 4.16. The van der Waals surface area contributed by atoms with E-state index in [-0.39, 0.29) is 28.8 Å². The molecule has 3 rings (SSSR count). The minimum atomic E-state index is -1.36. The average Bonchev–Trinajstić information content (AvgIpc) is 3.25. The van der Waals surface area contributed by atoms with Crippen molar-refractivity contribution < 1.29 is 17.5 Å². The van der Waals surface area contributed by atoms with E-state index in [1.54, 1.807) is 32.0 Å². The number of rotatable bonds is 5. The maximum atomic E-state index is 13.0. The van der Waals surface area contributed by atoms with Gasteiger partial charge in [-0.3, -0.25) is 4.21 Å². The SMILES string of the molecule is CC(C)(C)c1cc(-c2nnc(C(C)(C)S(=O)Cc3ccc(F)cc3)o2)on1. The third-order valence-corrected chi connectivity index (χ3v) is 6.12. The molecule has 27 heavy (non-hydrogen) atoms. The molecule has 8 heteroatoms. The van der Waals surface area contributed by atoms with Crippen molar-refractivity contribution >= 4 is 10.8 Å². The van der Waals surface area contributed by atoms with Crippen LogP contribution in [-0.4, -0.2) is 19.6 Å². The Morgan fingerprint density at radius 3 is 2.33 bits per heavy atom. The Morgan fingerprint density at radius 2 is 1.74 bits per heavy atom. The topological polar surface area (TPSA) is 82.0 Å². The lowest BCUT2D eigenvalue weighted by Crippen LogP contribution is -2.25. The number of benzene rings is 1. The normalized spacial score (nSPS) is 13.7. The molecule has 2 heterocycles. The summed E-state index contributed by atoms with van der Waals surface area (Å²) in [4.78, 5) is 0. The molecule has 0 saturated heterocycles. The predicted molar refractivity (Wildman–Crippen MR) is 99.8 cm³/mol. The first-order valence-electron chi connectivity index (χ1n) is 8.52. The maximum Gasteiger partial charge on any atom is 0.286 e. The fourth-order valence-electron chi connectivity index (χ4n) is 2.31. The van der Waals surface area contributed by atoms with Crippen LogP contribution in [0.3, 0.4) is 0 Å². The maximum absolute atomic E-state index is 13.0. The number of hydrogen-bond donors (Lipinski definition) is 0. The Kier molecular flexibility index (Phi) is 5.03. The van der Waals surface area contributed by atoms with Crippen LogP contribution in [0.4, 0.5) is 4.39 Å². The van der Waals surface area contributed by atoms with E-state index in [9.17, 15) is 8.60 Å². The second-order valence-electron chi connectivity index (χ2n) is 7.87. The van der Waals surface area contributed by atoms with E-state index >= 15 is 0 Å². The molecule has 144 valence electrons. The molecule has 0 bridgehead atoms. The fourth-order valence-corrected chi connectivity index (χ4v) is 3.44. The highest BCUT2D eigenvalue weighted by molar-refractivity contribution is 7.85. The standard InChI is InChI=1S/C19H22FN3O3S/c1-18(2,3)15-10-14(26-23-15)16-21-22-17(25-16)19(4,5)27(24)11-12-6-8-13(20)9-7-12/h6-10H,11H2,1-5H3.